The second-order valence-electron chi connectivity index (χ2n) is 3.16. The molecule has 0 heterocycles. The van der Waals surface area contributed by atoms with E-state index < -0.39 is 18.7 Å². The van der Waals surface area contributed by atoms with Gasteiger partial charge in [-0.3, -0.25) is 0 Å². The molecule has 1 unspecified atom stereocenters. The predicted octanol–water partition coefficient (Wildman–Crippen LogP) is -0.0139. The van der Waals surface area contributed by atoms with Crippen LogP contribution in [-0.4, -0.2) is 39.1 Å². The largest absolute Gasteiger partial charge is 0.507 e. The number of hydrogen-bond acceptors (Lipinski definition) is 4. The first-order valence-corrected chi connectivity index (χ1v) is 4.39. The number of carboxylic acid groups (broad SMARTS) is 1. The Labute approximate surface area is 86.2 Å². The number of aromatic carboxylic acids is 1. The topological polar surface area (TPSA) is 98.0 Å². The molecule has 0 amide bonds. The van der Waals surface area contributed by atoms with Crippen LogP contribution >= 0.6 is 0 Å². The van der Waals surface area contributed by atoms with Crippen molar-refractivity contribution < 1.29 is 25.2 Å². The van der Waals surface area contributed by atoms with Crippen LogP contribution in [0, 0.1) is 0 Å². The zero-order chi connectivity index (χ0) is 11.4. The van der Waals surface area contributed by atoms with Gasteiger partial charge in [-0.05, 0) is 11.6 Å². The van der Waals surface area contributed by atoms with Gasteiger partial charge >= 0.3 is 5.97 Å². The highest BCUT2D eigenvalue weighted by atomic mass is 16.4. The van der Waals surface area contributed by atoms with Crippen LogP contribution in [0.5, 0.6) is 5.75 Å². The van der Waals surface area contributed by atoms with E-state index in [9.17, 15) is 9.90 Å². The van der Waals surface area contributed by atoms with Gasteiger partial charge in [0, 0.05) is 6.42 Å². The highest BCUT2D eigenvalue weighted by molar-refractivity contribution is 5.91. The number of benzene rings is 1. The SMILES string of the molecule is O=C(O)c1cccc(CC(O)CO)c1O. The summed E-state index contributed by atoms with van der Waals surface area (Å²) in [5.41, 5.74) is 0.0917. The molecular weight excluding hydrogens is 200 g/mol. The number of carboxylic acids is 1. The molecule has 0 aromatic heterocycles. The molecule has 1 rings (SSSR count). The van der Waals surface area contributed by atoms with E-state index >= 15 is 0 Å². The summed E-state index contributed by atoms with van der Waals surface area (Å²) in [6.07, 6.45) is -0.983. The molecular formula is C10H12O5. The Morgan fingerprint density at radius 3 is 2.60 bits per heavy atom. The van der Waals surface area contributed by atoms with Crippen LogP contribution in [0.1, 0.15) is 15.9 Å². The summed E-state index contributed by atoms with van der Waals surface area (Å²) in [5.74, 6) is -1.59. The van der Waals surface area contributed by atoms with Crippen LogP contribution in [0.25, 0.3) is 0 Å². The number of aliphatic hydroxyl groups excluding tert-OH is 2. The second kappa shape index (κ2) is 4.77. The summed E-state index contributed by atoms with van der Waals surface area (Å²) in [7, 11) is 0. The normalized spacial score (nSPS) is 12.4. The molecule has 1 aromatic carbocycles. The van der Waals surface area contributed by atoms with Crippen molar-refractivity contribution in [3.63, 3.8) is 0 Å². The Morgan fingerprint density at radius 2 is 2.07 bits per heavy atom. The number of rotatable bonds is 4. The molecule has 0 aliphatic carbocycles. The maximum absolute atomic E-state index is 10.7. The van der Waals surface area contributed by atoms with Gasteiger partial charge < -0.3 is 20.4 Å². The Hall–Kier alpha value is -1.59. The molecule has 5 heteroatoms. The molecule has 15 heavy (non-hydrogen) atoms. The summed E-state index contributed by atoms with van der Waals surface area (Å²) in [6.45, 7) is -0.434. The van der Waals surface area contributed by atoms with Crippen LogP contribution < -0.4 is 0 Å². The van der Waals surface area contributed by atoms with Gasteiger partial charge in [-0.1, -0.05) is 12.1 Å². The third-order valence-corrected chi connectivity index (χ3v) is 2.02. The lowest BCUT2D eigenvalue weighted by Gasteiger charge is -2.10. The van der Waals surface area contributed by atoms with E-state index in [0.717, 1.165) is 0 Å². The van der Waals surface area contributed by atoms with E-state index in [1.807, 2.05) is 0 Å². The van der Waals surface area contributed by atoms with E-state index in [-0.39, 0.29) is 17.7 Å². The molecule has 4 N–H and O–H groups in total. The van der Waals surface area contributed by atoms with Crippen LogP contribution in [0.2, 0.25) is 0 Å². The Kier molecular flexibility index (Phi) is 3.65. The fourth-order valence-electron chi connectivity index (χ4n) is 1.25. The monoisotopic (exact) mass is 212 g/mol. The summed E-state index contributed by atoms with van der Waals surface area (Å²) in [5, 5.41) is 36.0. The smallest absolute Gasteiger partial charge is 0.339 e. The molecule has 0 radical (unpaired) electrons. The zero-order valence-corrected chi connectivity index (χ0v) is 7.92. The molecule has 1 atom stereocenters. The molecule has 0 aliphatic heterocycles. The molecule has 82 valence electrons. The van der Waals surface area contributed by atoms with Crippen LogP contribution in [-0.2, 0) is 6.42 Å². The van der Waals surface area contributed by atoms with Gasteiger partial charge in [0.1, 0.15) is 11.3 Å². The molecule has 0 saturated heterocycles. The minimum atomic E-state index is -1.23. The molecule has 0 saturated carbocycles. The van der Waals surface area contributed by atoms with Crippen LogP contribution in [0.15, 0.2) is 18.2 Å². The summed E-state index contributed by atoms with van der Waals surface area (Å²) in [6, 6.07) is 4.25. The second-order valence-corrected chi connectivity index (χ2v) is 3.16. The van der Waals surface area contributed by atoms with Gasteiger partial charge in [0.2, 0.25) is 0 Å². The van der Waals surface area contributed by atoms with Gasteiger partial charge in [-0.15, -0.1) is 0 Å². The fourth-order valence-corrected chi connectivity index (χ4v) is 1.25. The number of para-hydroxylation sites is 1. The number of phenols is 1. The Morgan fingerprint density at radius 1 is 1.40 bits per heavy atom. The van der Waals surface area contributed by atoms with Crippen molar-refractivity contribution >= 4 is 5.97 Å². The van der Waals surface area contributed by atoms with Gasteiger partial charge in [0.25, 0.3) is 0 Å². The maximum atomic E-state index is 10.7. The van der Waals surface area contributed by atoms with E-state index in [2.05, 4.69) is 0 Å². The van der Waals surface area contributed by atoms with Crippen LogP contribution in [0.3, 0.4) is 0 Å². The average molecular weight is 212 g/mol. The molecule has 5 nitrogen and oxygen atoms in total. The predicted molar refractivity (Wildman–Crippen MR) is 51.9 cm³/mol. The Balaban J connectivity index is 2.99. The van der Waals surface area contributed by atoms with E-state index in [1.54, 1.807) is 0 Å². The highest BCUT2D eigenvalue weighted by Gasteiger charge is 2.14. The van der Waals surface area contributed by atoms with Crippen molar-refractivity contribution in [1.82, 2.24) is 0 Å². The first kappa shape index (κ1) is 11.5. The van der Waals surface area contributed by atoms with E-state index in [4.69, 9.17) is 15.3 Å². The Bertz CT molecular complexity index is 361. The molecule has 1 aromatic rings. The first-order valence-electron chi connectivity index (χ1n) is 4.39. The molecule has 0 bridgehead atoms. The van der Waals surface area contributed by atoms with Crippen molar-refractivity contribution in [2.75, 3.05) is 6.61 Å². The molecule has 0 spiro atoms. The summed E-state index contributed by atoms with van der Waals surface area (Å²) >= 11 is 0. The standard InChI is InChI=1S/C10H12O5/c11-5-7(12)4-6-2-1-3-8(9(6)13)10(14)15/h1-3,7,11-13H,4-5H2,(H,14,15). The van der Waals surface area contributed by atoms with Crippen molar-refractivity contribution in [1.29, 1.82) is 0 Å². The highest BCUT2D eigenvalue weighted by Crippen LogP contribution is 2.23. The fraction of sp³-hybridized carbons (Fsp3) is 0.300. The summed E-state index contributed by atoms with van der Waals surface area (Å²) < 4.78 is 0. The van der Waals surface area contributed by atoms with Crippen molar-refractivity contribution in [3.05, 3.63) is 29.3 Å². The van der Waals surface area contributed by atoms with Gasteiger partial charge in [0.05, 0.1) is 12.7 Å². The minimum Gasteiger partial charge on any atom is -0.507 e. The number of aromatic hydroxyl groups is 1. The lowest BCUT2D eigenvalue weighted by molar-refractivity contribution is 0.0692. The number of hydrogen-bond donors (Lipinski definition) is 4. The van der Waals surface area contributed by atoms with Crippen molar-refractivity contribution in [3.8, 4) is 5.75 Å². The zero-order valence-electron chi connectivity index (χ0n) is 7.92. The number of carbonyl (C=O) groups is 1. The molecule has 0 aliphatic rings. The first-order chi connectivity index (χ1) is 7.06. The maximum Gasteiger partial charge on any atom is 0.339 e. The third kappa shape index (κ3) is 2.68. The third-order valence-electron chi connectivity index (χ3n) is 2.02. The number of aliphatic hydroxyl groups is 2. The quantitative estimate of drug-likeness (QED) is 0.562. The van der Waals surface area contributed by atoms with E-state index in [0.29, 0.717) is 5.56 Å². The van der Waals surface area contributed by atoms with Crippen molar-refractivity contribution in [2.45, 2.75) is 12.5 Å². The van der Waals surface area contributed by atoms with E-state index in [1.165, 1.54) is 18.2 Å². The van der Waals surface area contributed by atoms with Gasteiger partial charge in [-0.2, -0.15) is 0 Å². The van der Waals surface area contributed by atoms with Crippen molar-refractivity contribution in [2.24, 2.45) is 0 Å². The average Bonchev–Trinajstić information content (AvgIpc) is 2.20. The lowest BCUT2D eigenvalue weighted by atomic mass is 10.0. The van der Waals surface area contributed by atoms with Crippen LogP contribution in [0.4, 0.5) is 0 Å². The summed E-state index contributed by atoms with van der Waals surface area (Å²) in [4.78, 5) is 10.7. The molecule has 0 fully saturated rings. The minimum absolute atomic E-state index is 0.0173. The van der Waals surface area contributed by atoms with Gasteiger partial charge in [-0.25, -0.2) is 4.79 Å². The lowest BCUT2D eigenvalue weighted by Crippen LogP contribution is -2.15. The van der Waals surface area contributed by atoms with Gasteiger partial charge in [0.15, 0.2) is 0 Å².